The molecule has 0 aliphatic rings. The summed E-state index contributed by atoms with van der Waals surface area (Å²) in [5, 5.41) is 14.2. The maximum Gasteiger partial charge on any atom is 0.204 e. The van der Waals surface area contributed by atoms with Crippen molar-refractivity contribution in [1.29, 1.82) is 0 Å². The van der Waals surface area contributed by atoms with Crippen molar-refractivity contribution in [3.05, 3.63) is 22.0 Å². The van der Waals surface area contributed by atoms with Crippen molar-refractivity contribution in [3.8, 4) is 0 Å². The van der Waals surface area contributed by atoms with Crippen molar-refractivity contribution in [2.75, 3.05) is 12.4 Å². The zero-order valence-corrected chi connectivity index (χ0v) is 9.04. The Morgan fingerprint density at radius 1 is 1.53 bits per heavy atom. The average Bonchev–Trinajstić information content (AvgIpc) is 2.19. The molecule has 0 atom stereocenters. The van der Waals surface area contributed by atoms with Gasteiger partial charge >= 0.3 is 0 Å². The minimum atomic E-state index is -3.54. The van der Waals surface area contributed by atoms with Crippen LogP contribution in [0.1, 0.15) is 12.1 Å². The lowest BCUT2D eigenvalue weighted by Crippen LogP contribution is -2.16. The number of hydrogen-bond acceptors (Lipinski definition) is 5. The lowest BCUT2D eigenvalue weighted by atomic mass is 10.4. The second kappa shape index (κ2) is 4.54. The Kier molecular flexibility index (Phi) is 3.59. The lowest BCUT2D eigenvalue weighted by molar-refractivity contribution is 0.295. The normalized spacial score (nSPS) is 11.6. The average molecular weight is 232 g/mol. The molecule has 1 aromatic rings. The minimum absolute atomic E-state index is 0.137. The third-order valence-electron chi connectivity index (χ3n) is 1.86. The number of sulfone groups is 1. The van der Waals surface area contributed by atoms with Gasteiger partial charge in [-0.15, -0.1) is 0 Å². The molecule has 1 heterocycles. The van der Waals surface area contributed by atoms with Crippen molar-refractivity contribution in [1.82, 2.24) is 10.2 Å². The van der Waals surface area contributed by atoms with Gasteiger partial charge in [-0.1, -0.05) is 0 Å². The van der Waals surface area contributed by atoms with Crippen LogP contribution in [0, 0.1) is 6.92 Å². The largest absolute Gasteiger partial charge is 0.396 e. The Hall–Kier alpha value is -1.21. The summed E-state index contributed by atoms with van der Waals surface area (Å²) in [7, 11) is -3.54. The number of H-pyrrole nitrogens is 1. The van der Waals surface area contributed by atoms with E-state index in [0.29, 0.717) is 0 Å². The number of aromatic amines is 1. The Labute approximate surface area is 86.9 Å². The number of aryl methyl sites for hydroxylation is 1. The van der Waals surface area contributed by atoms with E-state index in [1.807, 2.05) is 0 Å². The van der Waals surface area contributed by atoms with Crippen LogP contribution >= 0.6 is 0 Å². The summed E-state index contributed by atoms with van der Waals surface area (Å²) >= 11 is 0. The van der Waals surface area contributed by atoms with Gasteiger partial charge in [0.25, 0.3) is 0 Å². The predicted molar refractivity (Wildman–Crippen MR) is 53.4 cm³/mol. The highest BCUT2D eigenvalue weighted by atomic mass is 32.2. The molecule has 2 N–H and O–H groups in total. The monoisotopic (exact) mass is 232 g/mol. The number of aromatic nitrogens is 2. The molecular formula is C8H12N2O4S. The molecule has 1 aromatic heterocycles. The van der Waals surface area contributed by atoms with Crippen LogP contribution in [0.15, 0.2) is 15.9 Å². The number of rotatable bonds is 4. The molecule has 0 aliphatic carbocycles. The molecule has 0 aliphatic heterocycles. The Bertz CT molecular complexity index is 492. The van der Waals surface area contributed by atoms with Crippen LogP contribution in [0.4, 0.5) is 0 Å². The smallest absolute Gasteiger partial charge is 0.204 e. The van der Waals surface area contributed by atoms with Gasteiger partial charge < -0.3 is 5.11 Å². The first-order valence-electron chi connectivity index (χ1n) is 4.37. The molecule has 84 valence electrons. The molecule has 0 spiro atoms. The first-order valence-corrected chi connectivity index (χ1v) is 6.02. The van der Waals surface area contributed by atoms with Crippen molar-refractivity contribution in [2.24, 2.45) is 0 Å². The maximum atomic E-state index is 11.5. The van der Waals surface area contributed by atoms with Gasteiger partial charge in [-0.3, -0.25) is 9.89 Å². The third-order valence-corrected chi connectivity index (χ3v) is 3.56. The fourth-order valence-electron chi connectivity index (χ4n) is 0.974. The Morgan fingerprint density at radius 3 is 2.73 bits per heavy atom. The van der Waals surface area contributed by atoms with Crippen molar-refractivity contribution >= 4 is 9.84 Å². The molecule has 0 unspecified atom stereocenters. The molecule has 0 fully saturated rings. The molecule has 0 saturated carbocycles. The zero-order valence-electron chi connectivity index (χ0n) is 8.23. The van der Waals surface area contributed by atoms with Gasteiger partial charge in [0, 0.05) is 12.7 Å². The van der Waals surface area contributed by atoms with Crippen LogP contribution < -0.4 is 5.43 Å². The number of aliphatic hydroxyl groups is 1. The van der Waals surface area contributed by atoms with Crippen LogP contribution in [0.25, 0.3) is 0 Å². The molecule has 7 heteroatoms. The van der Waals surface area contributed by atoms with Gasteiger partial charge in [0.2, 0.25) is 5.43 Å². The van der Waals surface area contributed by atoms with E-state index in [-0.39, 0.29) is 29.5 Å². The van der Waals surface area contributed by atoms with E-state index >= 15 is 0 Å². The van der Waals surface area contributed by atoms with Crippen molar-refractivity contribution in [3.63, 3.8) is 0 Å². The summed E-state index contributed by atoms with van der Waals surface area (Å²) < 4.78 is 23.1. The summed E-state index contributed by atoms with van der Waals surface area (Å²) in [6, 6.07) is 1.01. The van der Waals surface area contributed by atoms with E-state index in [9.17, 15) is 13.2 Å². The highest BCUT2D eigenvalue weighted by Gasteiger charge is 2.15. The highest BCUT2D eigenvalue weighted by molar-refractivity contribution is 7.91. The molecule has 15 heavy (non-hydrogen) atoms. The quantitative estimate of drug-likeness (QED) is 0.710. The number of nitrogens with one attached hydrogen (secondary N) is 1. The van der Waals surface area contributed by atoms with E-state index < -0.39 is 15.3 Å². The summed E-state index contributed by atoms with van der Waals surface area (Å²) in [6.45, 7) is 1.28. The van der Waals surface area contributed by atoms with Crippen molar-refractivity contribution < 1.29 is 13.5 Å². The number of aliphatic hydroxyl groups excluding tert-OH is 1. The van der Waals surface area contributed by atoms with Crippen LogP contribution in [-0.4, -0.2) is 36.1 Å². The van der Waals surface area contributed by atoms with Gasteiger partial charge in [0.15, 0.2) is 14.9 Å². The number of hydrogen-bond donors (Lipinski definition) is 2. The highest BCUT2D eigenvalue weighted by Crippen LogP contribution is 2.05. The van der Waals surface area contributed by atoms with E-state index in [2.05, 4.69) is 10.2 Å². The van der Waals surface area contributed by atoms with Crippen molar-refractivity contribution in [2.45, 2.75) is 18.4 Å². The van der Waals surface area contributed by atoms with Gasteiger partial charge in [-0.25, -0.2) is 8.42 Å². The van der Waals surface area contributed by atoms with E-state index in [1.54, 1.807) is 0 Å². The first kappa shape index (κ1) is 11.9. The van der Waals surface area contributed by atoms with Crippen LogP contribution in [0.3, 0.4) is 0 Å². The summed E-state index contributed by atoms with van der Waals surface area (Å²) in [5.74, 6) is -0.204. The molecular weight excluding hydrogens is 220 g/mol. The third kappa shape index (κ3) is 2.87. The van der Waals surface area contributed by atoms with E-state index in [4.69, 9.17) is 5.11 Å². The van der Waals surface area contributed by atoms with Crippen LogP contribution in [-0.2, 0) is 9.84 Å². The molecule has 0 saturated heterocycles. The standard InChI is InChI=1S/C8H12N2O4S/c1-6-7(12)5-8(10-9-6)15(13,14)4-2-3-11/h5,11H,2-4H2,1H3,(H,10,12). The summed E-state index contributed by atoms with van der Waals surface area (Å²) in [6.07, 6.45) is 0.137. The maximum absolute atomic E-state index is 11.5. The molecule has 0 bridgehead atoms. The number of nitrogens with zero attached hydrogens (tertiary/aromatic N) is 1. The van der Waals surface area contributed by atoms with Gasteiger partial charge in [0.05, 0.1) is 5.75 Å². The molecule has 1 rings (SSSR count). The van der Waals surface area contributed by atoms with E-state index in [0.717, 1.165) is 6.07 Å². The molecule has 0 amide bonds. The topological polar surface area (TPSA) is 100 Å². The van der Waals surface area contributed by atoms with Gasteiger partial charge in [-0.05, 0) is 13.3 Å². The summed E-state index contributed by atoms with van der Waals surface area (Å²) in [4.78, 5) is 11.2. The molecule has 0 radical (unpaired) electrons. The van der Waals surface area contributed by atoms with Gasteiger partial charge in [-0.2, -0.15) is 5.10 Å². The lowest BCUT2D eigenvalue weighted by Gasteiger charge is -2.02. The Balaban J connectivity index is 3.06. The second-order valence-corrected chi connectivity index (χ2v) is 5.16. The fraction of sp³-hybridized carbons (Fsp3) is 0.500. The first-order chi connectivity index (χ1) is 6.97. The van der Waals surface area contributed by atoms with Crippen LogP contribution in [0.5, 0.6) is 0 Å². The second-order valence-electron chi connectivity index (χ2n) is 3.08. The SMILES string of the molecule is Cc1n[nH]c(S(=O)(=O)CCCO)cc1=O. The molecule has 6 nitrogen and oxygen atoms in total. The fourth-order valence-corrected chi connectivity index (χ4v) is 2.17. The summed E-state index contributed by atoms with van der Waals surface area (Å²) in [5.41, 5.74) is -0.201. The molecule has 0 aromatic carbocycles. The van der Waals surface area contributed by atoms with E-state index in [1.165, 1.54) is 6.92 Å². The zero-order chi connectivity index (χ0) is 11.5. The van der Waals surface area contributed by atoms with Gasteiger partial charge in [0.1, 0.15) is 5.69 Å². The van der Waals surface area contributed by atoms with Crippen LogP contribution in [0.2, 0.25) is 0 Å². The Morgan fingerprint density at radius 2 is 2.20 bits per heavy atom. The minimum Gasteiger partial charge on any atom is -0.396 e. The predicted octanol–water partition coefficient (Wildman–Crippen LogP) is -0.766.